The van der Waals surface area contributed by atoms with E-state index in [9.17, 15) is 9.59 Å². The van der Waals surface area contributed by atoms with Crippen LogP contribution in [-0.2, 0) is 0 Å². The van der Waals surface area contributed by atoms with Crippen molar-refractivity contribution in [2.45, 2.75) is 13.8 Å². The molecule has 0 saturated carbocycles. The lowest BCUT2D eigenvalue weighted by molar-refractivity contribution is 0.0934. The largest absolute Gasteiger partial charge is 0.493 e. The van der Waals surface area contributed by atoms with Crippen LogP contribution in [0.2, 0.25) is 10.0 Å². The van der Waals surface area contributed by atoms with E-state index in [-0.39, 0.29) is 15.7 Å². The molecule has 0 unspecified atom stereocenters. The minimum absolute atomic E-state index is 0.0822. The van der Waals surface area contributed by atoms with Gasteiger partial charge in [-0.1, -0.05) is 37.0 Å². The fraction of sp³-hybridized carbons (Fsp3) is 0.211. The summed E-state index contributed by atoms with van der Waals surface area (Å²) in [5, 5.41) is 2.94. The van der Waals surface area contributed by atoms with Gasteiger partial charge in [-0.15, -0.1) is 0 Å². The monoisotopic (exact) mass is 439 g/mol. The Hall–Kier alpha value is -2.35. The summed E-state index contributed by atoms with van der Waals surface area (Å²) in [6.07, 6.45) is 0. The number of halogens is 2. The lowest BCUT2D eigenvalue weighted by Gasteiger charge is -2.12. The molecule has 0 aliphatic rings. The highest BCUT2D eigenvalue weighted by molar-refractivity contribution is 7.80. The van der Waals surface area contributed by atoms with Gasteiger partial charge in [0.25, 0.3) is 11.8 Å². The molecule has 2 aromatic carbocycles. The van der Waals surface area contributed by atoms with E-state index in [1.54, 1.807) is 24.3 Å². The van der Waals surface area contributed by atoms with Gasteiger partial charge in [-0.3, -0.25) is 25.8 Å². The second-order valence-corrected chi connectivity index (χ2v) is 7.47. The molecule has 0 bridgehead atoms. The third kappa shape index (κ3) is 6.67. The Morgan fingerprint density at radius 1 is 1.04 bits per heavy atom. The second-order valence-electron chi connectivity index (χ2n) is 6.22. The zero-order valence-electron chi connectivity index (χ0n) is 15.2. The molecule has 28 heavy (non-hydrogen) atoms. The van der Waals surface area contributed by atoms with Crippen molar-refractivity contribution in [2.75, 3.05) is 6.61 Å². The molecule has 2 amide bonds. The molecule has 0 aromatic heterocycles. The molecule has 2 rings (SSSR count). The Morgan fingerprint density at radius 2 is 1.71 bits per heavy atom. The Bertz CT molecular complexity index is 873. The first kappa shape index (κ1) is 21.9. The molecule has 0 aliphatic carbocycles. The third-order valence-corrected chi connectivity index (χ3v) is 4.14. The summed E-state index contributed by atoms with van der Waals surface area (Å²) in [5.41, 5.74) is 5.48. The first-order chi connectivity index (χ1) is 13.3. The molecular formula is C19H19Cl2N3O3S. The van der Waals surface area contributed by atoms with E-state index in [2.05, 4.69) is 30.0 Å². The Labute approximate surface area is 178 Å². The van der Waals surface area contributed by atoms with Crippen LogP contribution in [-0.4, -0.2) is 23.5 Å². The average Bonchev–Trinajstić information content (AvgIpc) is 2.64. The van der Waals surface area contributed by atoms with Gasteiger partial charge in [0.1, 0.15) is 5.75 Å². The normalized spacial score (nSPS) is 10.3. The Morgan fingerprint density at radius 3 is 2.32 bits per heavy atom. The SMILES string of the molecule is CC(C)COc1ccc(C(=O)NNC(=S)NC(=O)c2ccc(Cl)cc2Cl)cc1. The molecule has 0 radical (unpaired) electrons. The van der Waals surface area contributed by atoms with Gasteiger partial charge < -0.3 is 4.74 Å². The molecule has 0 heterocycles. The van der Waals surface area contributed by atoms with Crippen LogP contribution in [0.4, 0.5) is 0 Å². The van der Waals surface area contributed by atoms with Crippen LogP contribution in [0, 0.1) is 5.92 Å². The number of carbonyl (C=O) groups is 2. The van der Waals surface area contributed by atoms with Gasteiger partial charge in [0.15, 0.2) is 5.11 Å². The number of thiocarbonyl (C=S) groups is 1. The molecule has 148 valence electrons. The van der Waals surface area contributed by atoms with Crippen molar-refractivity contribution in [2.24, 2.45) is 5.92 Å². The highest BCUT2D eigenvalue weighted by atomic mass is 35.5. The maximum Gasteiger partial charge on any atom is 0.269 e. The third-order valence-electron chi connectivity index (χ3n) is 3.39. The van der Waals surface area contributed by atoms with Crippen molar-refractivity contribution in [1.82, 2.24) is 16.2 Å². The van der Waals surface area contributed by atoms with Crippen molar-refractivity contribution in [3.8, 4) is 5.75 Å². The highest BCUT2D eigenvalue weighted by Crippen LogP contribution is 2.20. The number of carbonyl (C=O) groups excluding carboxylic acids is 2. The fourth-order valence-electron chi connectivity index (χ4n) is 2.03. The van der Waals surface area contributed by atoms with Crippen molar-refractivity contribution in [1.29, 1.82) is 0 Å². The highest BCUT2D eigenvalue weighted by Gasteiger charge is 2.13. The number of hydrogen-bond acceptors (Lipinski definition) is 4. The molecule has 6 nitrogen and oxygen atoms in total. The van der Waals surface area contributed by atoms with E-state index in [1.807, 2.05) is 0 Å². The van der Waals surface area contributed by atoms with Gasteiger partial charge in [-0.2, -0.15) is 0 Å². The molecule has 3 N–H and O–H groups in total. The molecule has 0 atom stereocenters. The number of hydrazine groups is 1. The first-order valence-electron chi connectivity index (χ1n) is 8.36. The number of ether oxygens (including phenoxy) is 1. The van der Waals surface area contributed by atoms with Crippen LogP contribution in [0.5, 0.6) is 5.75 Å². The van der Waals surface area contributed by atoms with Crippen molar-refractivity contribution < 1.29 is 14.3 Å². The van der Waals surface area contributed by atoms with Crippen LogP contribution in [0.25, 0.3) is 0 Å². The lowest BCUT2D eigenvalue weighted by Crippen LogP contribution is -2.48. The summed E-state index contributed by atoms with van der Waals surface area (Å²) in [6, 6.07) is 11.1. The van der Waals surface area contributed by atoms with Crippen molar-refractivity contribution in [3.63, 3.8) is 0 Å². The predicted molar refractivity (Wildman–Crippen MR) is 114 cm³/mol. The minimum Gasteiger partial charge on any atom is -0.493 e. The quantitative estimate of drug-likeness (QED) is 0.484. The zero-order chi connectivity index (χ0) is 20.7. The molecule has 0 aliphatic heterocycles. The smallest absolute Gasteiger partial charge is 0.269 e. The summed E-state index contributed by atoms with van der Waals surface area (Å²) in [6.45, 7) is 4.70. The van der Waals surface area contributed by atoms with Crippen LogP contribution in [0.3, 0.4) is 0 Å². The van der Waals surface area contributed by atoms with Gasteiger partial charge in [0.2, 0.25) is 0 Å². The summed E-state index contributed by atoms with van der Waals surface area (Å²) in [7, 11) is 0. The number of benzene rings is 2. The summed E-state index contributed by atoms with van der Waals surface area (Å²) in [4.78, 5) is 24.3. The number of hydrogen-bond donors (Lipinski definition) is 3. The summed E-state index contributed by atoms with van der Waals surface area (Å²) in [5.74, 6) is 0.142. The van der Waals surface area contributed by atoms with Gasteiger partial charge >= 0.3 is 0 Å². The Balaban J connectivity index is 1.84. The summed E-state index contributed by atoms with van der Waals surface area (Å²) < 4.78 is 5.57. The molecular weight excluding hydrogens is 421 g/mol. The molecule has 2 aromatic rings. The lowest BCUT2D eigenvalue weighted by atomic mass is 10.2. The van der Waals surface area contributed by atoms with Crippen LogP contribution < -0.4 is 20.9 Å². The molecule has 9 heteroatoms. The maximum atomic E-state index is 12.2. The van der Waals surface area contributed by atoms with Gasteiger partial charge in [0, 0.05) is 10.6 Å². The van der Waals surface area contributed by atoms with Gasteiger partial charge in [0.05, 0.1) is 17.2 Å². The number of nitrogens with one attached hydrogen (secondary N) is 3. The molecule has 0 fully saturated rings. The summed E-state index contributed by atoms with van der Waals surface area (Å²) >= 11 is 16.8. The van der Waals surface area contributed by atoms with Gasteiger partial charge in [-0.05, 0) is 60.6 Å². The van der Waals surface area contributed by atoms with Crippen molar-refractivity contribution in [3.05, 3.63) is 63.6 Å². The van der Waals surface area contributed by atoms with E-state index in [0.29, 0.717) is 28.9 Å². The van der Waals surface area contributed by atoms with Crippen LogP contribution in [0.15, 0.2) is 42.5 Å². The molecule has 0 saturated heterocycles. The van der Waals surface area contributed by atoms with Crippen LogP contribution >= 0.6 is 35.4 Å². The standard InChI is InChI=1S/C19H19Cl2N3O3S/c1-11(2)10-27-14-6-3-12(4-7-14)17(25)23-24-19(28)22-18(26)15-8-5-13(20)9-16(15)21/h3-9,11H,10H2,1-2H3,(H,23,25)(H2,22,24,26,28). The van der Waals surface area contributed by atoms with Crippen molar-refractivity contribution >= 4 is 52.3 Å². The topological polar surface area (TPSA) is 79.5 Å². The zero-order valence-corrected chi connectivity index (χ0v) is 17.5. The average molecular weight is 440 g/mol. The van der Waals surface area contributed by atoms with Gasteiger partial charge in [-0.25, -0.2) is 0 Å². The van der Waals surface area contributed by atoms with E-state index in [1.165, 1.54) is 18.2 Å². The van der Waals surface area contributed by atoms with E-state index >= 15 is 0 Å². The molecule has 0 spiro atoms. The second kappa shape index (κ2) is 10.3. The maximum absolute atomic E-state index is 12.2. The van der Waals surface area contributed by atoms with E-state index in [4.69, 9.17) is 40.2 Å². The first-order valence-corrected chi connectivity index (χ1v) is 9.52. The fourth-order valence-corrected chi connectivity index (χ4v) is 2.66. The van der Waals surface area contributed by atoms with E-state index < -0.39 is 11.8 Å². The predicted octanol–water partition coefficient (Wildman–Crippen LogP) is 3.98. The minimum atomic E-state index is -0.528. The number of amides is 2. The van der Waals surface area contributed by atoms with Crippen LogP contribution in [0.1, 0.15) is 34.6 Å². The number of rotatable bonds is 5. The van der Waals surface area contributed by atoms with E-state index in [0.717, 1.165) is 0 Å². The Kier molecular flexibility index (Phi) is 8.04.